The molecule has 1 heterocycles. The van der Waals surface area contributed by atoms with E-state index >= 15 is 0 Å². The van der Waals surface area contributed by atoms with Crippen molar-refractivity contribution in [2.75, 3.05) is 19.8 Å². The van der Waals surface area contributed by atoms with E-state index in [1.54, 1.807) is 0 Å². The van der Waals surface area contributed by atoms with Crippen molar-refractivity contribution >= 4 is 5.96 Å². The zero-order valence-corrected chi connectivity index (χ0v) is 14.3. The zero-order valence-electron chi connectivity index (χ0n) is 14.3. The predicted molar refractivity (Wildman–Crippen MR) is 92.3 cm³/mol. The summed E-state index contributed by atoms with van der Waals surface area (Å²) in [4.78, 5) is 4.55. The third-order valence-corrected chi connectivity index (χ3v) is 6.28. The van der Waals surface area contributed by atoms with Crippen molar-refractivity contribution in [2.24, 2.45) is 22.1 Å². The van der Waals surface area contributed by atoms with E-state index < -0.39 is 0 Å². The minimum atomic E-state index is -0.249. The number of nitrogens with one attached hydrogen (secondary N) is 1. The molecule has 23 heavy (non-hydrogen) atoms. The number of hydrogen-bond donors (Lipinski definition) is 3. The van der Waals surface area contributed by atoms with Crippen LogP contribution in [0.2, 0.25) is 0 Å². The number of aliphatic hydroxyl groups is 1. The Balaban J connectivity index is 1.49. The summed E-state index contributed by atoms with van der Waals surface area (Å²) in [6.07, 6.45) is 11.6. The van der Waals surface area contributed by atoms with Gasteiger partial charge in [0.1, 0.15) is 0 Å². The molecular formula is C18H33N3O2. The molecule has 0 aromatic heterocycles. The lowest BCUT2D eigenvalue weighted by Gasteiger charge is -2.37. The molecule has 0 amide bonds. The van der Waals surface area contributed by atoms with Gasteiger partial charge in [-0.15, -0.1) is 0 Å². The van der Waals surface area contributed by atoms with E-state index in [0.29, 0.717) is 18.5 Å². The Kier molecular flexibility index (Phi) is 5.81. The maximum atomic E-state index is 10.7. The van der Waals surface area contributed by atoms with E-state index in [4.69, 9.17) is 10.5 Å². The van der Waals surface area contributed by atoms with Crippen LogP contribution in [0.15, 0.2) is 4.99 Å². The third-order valence-electron chi connectivity index (χ3n) is 6.28. The Hall–Kier alpha value is -0.810. The molecule has 1 aliphatic heterocycles. The number of aliphatic imine (C=N–C) groups is 1. The molecular weight excluding hydrogens is 290 g/mol. The summed E-state index contributed by atoms with van der Waals surface area (Å²) in [6, 6.07) is 0.483. The minimum Gasteiger partial charge on any atom is -0.392 e. The molecule has 0 radical (unpaired) electrons. The van der Waals surface area contributed by atoms with Gasteiger partial charge < -0.3 is 20.9 Å². The lowest BCUT2D eigenvalue weighted by molar-refractivity contribution is -0.0548. The summed E-state index contributed by atoms with van der Waals surface area (Å²) in [7, 11) is 0. The zero-order chi connectivity index (χ0) is 16.1. The van der Waals surface area contributed by atoms with Crippen molar-refractivity contribution in [3.8, 4) is 0 Å². The topological polar surface area (TPSA) is 79.9 Å². The summed E-state index contributed by atoms with van der Waals surface area (Å²) in [6.45, 7) is 2.23. The van der Waals surface area contributed by atoms with Crippen LogP contribution in [0.25, 0.3) is 0 Å². The molecule has 3 rings (SSSR count). The molecule has 5 nitrogen and oxygen atoms in total. The molecule has 2 aliphatic carbocycles. The summed E-state index contributed by atoms with van der Waals surface area (Å²) in [5.41, 5.74) is 6.17. The van der Waals surface area contributed by atoms with Gasteiger partial charge in [-0.1, -0.05) is 25.7 Å². The van der Waals surface area contributed by atoms with E-state index in [-0.39, 0.29) is 17.4 Å². The van der Waals surface area contributed by atoms with Crippen LogP contribution < -0.4 is 11.1 Å². The van der Waals surface area contributed by atoms with E-state index in [2.05, 4.69) is 10.3 Å². The monoisotopic (exact) mass is 323 g/mol. The van der Waals surface area contributed by atoms with E-state index in [9.17, 15) is 5.11 Å². The molecule has 3 aliphatic rings. The van der Waals surface area contributed by atoms with Crippen LogP contribution in [0.4, 0.5) is 0 Å². The highest BCUT2D eigenvalue weighted by molar-refractivity contribution is 5.78. The van der Waals surface area contributed by atoms with Crippen molar-refractivity contribution in [2.45, 2.75) is 76.4 Å². The first-order valence-electron chi connectivity index (χ1n) is 9.52. The Morgan fingerprint density at radius 1 is 1.09 bits per heavy atom. The molecule has 1 saturated heterocycles. The van der Waals surface area contributed by atoms with Gasteiger partial charge in [0.05, 0.1) is 6.10 Å². The van der Waals surface area contributed by atoms with Gasteiger partial charge in [-0.05, 0) is 38.5 Å². The number of ether oxygens (including phenoxy) is 1. The van der Waals surface area contributed by atoms with Crippen LogP contribution >= 0.6 is 0 Å². The van der Waals surface area contributed by atoms with E-state index in [0.717, 1.165) is 38.9 Å². The second kappa shape index (κ2) is 7.84. The Labute approximate surface area is 140 Å². The highest BCUT2D eigenvalue weighted by Crippen LogP contribution is 2.48. The molecule has 3 fully saturated rings. The van der Waals surface area contributed by atoms with Gasteiger partial charge in [0.2, 0.25) is 0 Å². The first-order chi connectivity index (χ1) is 11.2. The number of hydrogen-bond acceptors (Lipinski definition) is 3. The molecule has 2 atom stereocenters. The van der Waals surface area contributed by atoms with Gasteiger partial charge in [0.15, 0.2) is 5.96 Å². The SMILES string of the molecule is NC(=NCC1CCC2(CCOCC2)C1O)NC1CCCCCC1. The molecule has 1 spiro atoms. The van der Waals surface area contributed by atoms with Crippen LogP contribution in [0, 0.1) is 11.3 Å². The van der Waals surface area contributed by atoms with Gasteiger partial charge in [0, 0.05) is 37.1 Å². The maximum Gasteiger partial charge on any atom is 0.188 e. The van der Waals surface area contributed by atoms with Crippen molar-refractivity contribution in [1.82, 2.24) is 5.32 Å². The van der Waals surface area contributed by atoms with E-state index in [1.807, 2.05) is 0 Å². The van der Waals surface area contributed by atoms with Gasteiger partial charge in [-0.3, -0.25) is 4.99 Å². The van der Waals surface area contributed by atoms with Gasteiger partial charge in [-0.2, -0.15) is 0 Å². The fraction of sp³-hybridized carbons (Fsp3) is 0.944. The Morgan fingerprint density at radius 3 is 2.48 bits per heavy atom. The third kappa shape index (κ3) is 4.18. The van der Waals surface area contributed by atoms with Gasteiger partial charge in [0.25, 0.3) is 0 Å². The smallest absolute Gasteiger partial charge is 0.188 e. The van der Waals surface area contributed by atoms with Gasteiger partial charge in [-0.25, -0.2) is 0 Å². The van der Waals surface area contributed by atoms with Crippen LogP contribution in [0.3, 0.4) is 0 Å². The summed E-state index contributed by atoms with van der Waals surface area (Å²) >= 11 is 0. The average Bonchev–Trinajstić information content (AvgIpc) is 2.74. The number of nitrogens with two attached hydrogens (primary N) is 1. The first kappa shape index (κ1) is 17.0. The number of rotatable bonds is 3. The van der Waals surface area contributed by atoms with E-state index in [1.165, 1.54) is 38.5 Å². The fourth-order valence-corrected chi connectivity index (χ4v) is 4.69. The van der Waals surface area contributed by atoms with Crippen LogP contribution in [0.1, 0.15) is 64.2 Å². The molecule has 0 aromatic carbocycles. The lowest BCUT2D eigenvalue weighted by Crippen LogP contribution is -2.41. The summed E-state index contributed by atoms with van der Waals surface area (Å²) in [5, 5.41) is 14.1. The summed E-state index contributed by atoms with van der Waals surface area (Å²) < 4.78 is 5.46. The van der Waals surface area contributed by atoms with Crippen molar-refractivity contribution in [3.05, 3.63) is 0 Å². The Morgan fingerprint density at radius 2 is 1.78 bits per heavy atom. The molecule has 4 N–H and O–H groups in total. The minimum absolute atomic E-state index is 0.0852. The largest absolute Gasteiger partial charge is 0.392 e. The number of guanidine groups is 1. The molecule has 0 aromatic rings. The van der Waals surface area contributed by atoms with Crippen LogP contribution in [-0.2, 0) is 4.74 Å². The number of nitrogens with zero attached hydrogens (tertiary/aromatic N) is 1. The van der Waals surface area contributed by atoms with Crippen LogP contribution in [0.5, 0.6) is 0 Å². The van der Waals surface area contributed by atoms with Crippen molar-refractivity contribution in [3.63, 3.8) is 0 Å². The molecule has 5 heteroatoms. The second-order valence-electron chi connectivity index (χ2n) is 7.78. The van der Waals surface area contributed by atoms with Crippen LogP contribution in [-0.4, -0.2) is 43.0 Å². The molecule has 2 saturated carbocycles. The first-order valence-corrected chi connectivity index (χ1v) is 9.52. The van der Waals surface area contributed by atoms with Crippen molar-refractivity contribution in [1.29, 1.82) is 0 Å². The Bertz CT molecular complexity index is 399. The standard InChI is InChI=1S/C18H33N3O2/c19-17(21-15-5-3-1-2-4-6-15)20-13-14-7-8-18(16(14)22)9-11-23-12-10-18/h14-16,22H,1-13H2,(H3,19,20,21). The average molecular weight is 323 g/mol. The molecule has 0 bridgehead atoms. The predicted octanol–water partition coefficient (Wildman–Crippen LogP) is 2.18. The lowest BCUT2D eigenvalue weighted by atomic mass is 9.76. The number of aliphatic hydroxyl groups excluding tert-OH is 1. The van der Waals surface area contributed by atoms with Gasteiger partial charge >= 0.3 is 0 Å². The molecule has 132 valence electrons. The highest BCUT2D eigenvalue weighted by Gasteiger charge is 2.47. The van der Waals surface area contributed by atoms with Crippen molar-refractivity contribution < 1.29 is 9.84 Å². The maximum absolute atomic E-state index is 10.7. The second-order valence-corrected chi connectivity index (χ2v) is 7.78. The quantitative estimate of drug-likeness (QED) is 0.422. The normalized spacial score (nSPS) is 32.8. The highest BCUT2D eigenvalue weighted by atomic mass is 16.5. The fourth-order valence-electron chi connectivity index (χ4n) is 4.69. The molecule has 2 unspecified atom stereocenters. The summed E-state index contributed by atoms with van der Waals surface area (Å²) in [5.74, 6) is 0.819.